The number of hydrogen-bond acceptors (Lipinski definition) is 5. The van der Waals surface area contributed by atoms with E-state index in [1.54, 1.807) is 30.4 Å². The van der Waals surface area contributed by atoms with E-state index < -0.39 is 5.60 Å². The van der Waals surface area contributed by atoms with Crippen LogP contribution in [0.4, 0.5) is 4.79 Å². The molecule has 0 fully saturated rings. The molecule has 1 aromatic heterocycles. The fraction of sp³-hybridized carbons (Fsp3) is 0.600. The van der Waals surface area contributed by atoms with E-state index in [4.69, 9.17) is 14.5 Å². The van der Waals surface area contributed by atoms with Crippen molar-refractivity contribution in [2.45, 2.75) is 85.3 Å². The number of methoxy groups -OCH3 is 1. The number of benzene rings is 1. The lowest BCUT2D eigenvalue weighted by molar-refractivity contribution is 0.0285. The van der Waals surface area contributed by atoms with Crippen LogP contribution in [0.25, 0.3) is 11.3 Å². The second-order valence-electron chi connectivity index (χ2n) is 11.1. The van der Waals surface area contributed by atoms with Crippen molar-refractivity contribution in [1.29, 1.82) is 0 Å². The summed E-state index contributed by atoms with van der Waals surface area (Å²) in [6.45, 7) is 19.2. The van der Waals surface area contributed by atoms with Crippen LogP contribution in [0, 0.1) is 0 Å². The van der Waals surface area contributed by atoms with E-state index in [-0.39, 0.29) is 16.9 Å². The standard InChI is InChI=1S/C25H38N2O3S/c1-23(2,3)17-12-16(13-18(21(17)29-11)24(4,5)6)19-15-31-20(26-19)14-27(10)22(28)30-25(7,8)9/h12-13,15H,14H2,1-11H3. The van der Waals surface area contributed by atoms with E-state index in [2.05, 4.69) is 59.1 Å². The molecule has 5 nitrogen and oxygen atoms in total. The first kappa shape index (κ1) is 25.2. The predicted molar refractivity (Wildman–Crippen MR) is 129 cm³/mol. The molecule has 0 aliphatic heterocycles. The quantitative estimate of drug-likeness (QED) is 0.519. The maximum absolute atomic E-state index is 12.3. The number of carbonyl (C=O) groups excluding carboxylic acids is 1. The van der Waals surface area contributed by atoms with Gasteiger partial charge in [0.15, 0.2) is 0 Å². The van der Waals surface area contributed by atoms with Crippen LogP contribution >= 0.6 is 11.3 Å². The Bertz CT molecular complexity index is 892. The SMILES string of the molecule is COc1c(C(C)(C)C)cc(-c2csc(CN(C)C(=O)OC(C)(C)C)n2)cc1C(C)(C)C. The van der Waals surface area contributed by atoms with Gasteiger partial charge in [0, 0.05) is 29.1 Å². The summed E-state index contributed by atoms with van der Waals surface area (Å²) in [5.41, 5.74) is 3.65. The summed E-state index contributed by atoms with van der Waals surface area (Å²) < 4.78 is 11.3. The highest BCUT2D eigenvalue weighted by molar-refractivity contribution is 7.09. The van der Waals surface area contributed by atoms with Crippen LogP contribution in [0.15, 0.2) is 17.5 Å². The summed E-state index contributed by atoms with van der Waals surface area (Å²) >= 11 is 1.55. The van der Waals surface area contributed by atoms with E-state index in [0.717, 1.165) is 33.1 Å². The number of ether oxygens (including phenoxy) is 2. The molecular formula is C25H38N2O3S. The summed E-state index contributed by atoms with van der Waals surface area (Å²) in [5.74, 6) is 0.948. The number of rotatable bonds is 4. The van der Waals surface area contributed by atoms with Gasteiger partial charge in [-0.3, -0.25) is 0 Å². The summed E-state index contributed by atoms with van der Waals surface area (Å²) in [4.78, 5) is 18.7. The van der Waals surface area contributed by atoms with Crippen molar-refractivity contribution >= 4 is 17.4 Å². The minimum absolute atomic E-state index is 0.0723. The van der Waals surface area contributed by atoms with Crippen LogP contribution in [0.3, 0.4) is 0 Å². The molecule has 0 saturated carbocycles. The summed E-state index contributed by atoms with van der Waals surface area (Å²) in [6.07, 6.45) is -0.348. The van der Waals surface area contributed by atoms with Gasteiger partial charge in [-0.1, -0.05) is 41.5 Å². The average Bonchev–Trinajstić information content (AvgIpc) is 3.05. The number of hydrogen-bond donors (Lipinski definition) is 0. The molecule has 6 heteroatoms. The van der Waals surface area contributed by atoms with Crippen molar-refractivity contribution < 1.29 is 14.3 Å². The van der Waals surface area contributed by atoms with Crippen molar-refractivity contribution in [2.24, 2.45) is 0 Å². The topological polar surface area (TPSA) is 51.7 Å². The van der Waals surface area contributed by atoms with Crippen molar-refractivity contribution in [3.63, 3.8) is 0 Å². The Labute approximate surface area is 191 Å². The van der Waals surface area contributed by atoms with Gasteiger partial charge in [-0.2, -0.15) is 0 Å². The molecular weight excluding hydrogens is 408 g/mol. The molecule has 1 amide bonds. The molecule has 0 unspecified atom stereocenters. The first-order valence-corrected chi connectivity index (χ1v) is 11.5. The molecule has 31 heavy (non-hydrogen) atoms. The van der Waals surface area contributed by atoms with Gasteiger partial charge in [0.05, 0.1) is 19.3 Å². The number of aromatic nitrogens is 1. The zero-order chi connectivity index (χ0) is 23.8. The van der Waals surface area contributed by atoms with Gasteiger partial charge in [0.2, 0.25) is 0 Å². The lowest BCUT2D eigenvalue weighted by Gasteiger charge is -2.29. The molecule has 0 aliphatic carbocycles. The Hall–Kier alpha value is -2.08. The highest BCUT2D eigenvalue weighted by Crippen LogP contribution is 2.42. The molecule has 0 radical (unpaired) electrons. The number of nitrogens with zero attached hydrogens (tertiary/aromatic N) is 2. The van der Waals surface area contributed by atoms with Crippen LogP contribution in [0.5, 0.6) is 5.75 Å². The van der Waals surface area contributed by atoms with Crippen LogP contribution in [0.2, 0.25) is 0 Å². The van der Waals surface area contributed by atoms with E-state index >= 15 is 0 Å². The van der Waals surface area contributed by atoms with Crippen LogP contribution in [0.1, 0.15) is 78.4 Å². The normalized spacial score (nSPS) is 12.6. The monoisotopic (exact) mass is 446 g/mol. The second kappa shape index (κ2) is 8.81. The maximum atomic E-state index is 12.3. The number of amides is 1. The molecule has 0 aliphatic rings. The smallest absolute Gasteiger partial charge is 0.410 e. The fourth-order valence-electron chi connectivity index (χ4n) is 3.23. The minimum Gasteiger partial charge on any atom is -0.496 e. The Morgan fingerprint density at radius 2 is 1.52 bits per heavy atom. The van der Waals surface area contributed by atoms with Gasteiger partial charge in [-0.15, -0.1) is 11.3 Å². The van der Waals surface area contributed by atoms with Crippen LogP contribution < -0.4 is 4.74 Å². The molecule has 0 spiro atoms. The van der Waals surface area contributed by atoms with Gasteiger partial charge >= 0.3 is 6.09 Å². The first-order chi connectivity index (χ1) is 14.0. The number of thiazole rings is 1. The van der Waals surface area contributed by atoms with Gasteiger partial charge in [-0.25, -0.2) is 9.78 Å². The highest BCUT2D eigenvalue weighted by atomic mass is 32.1. The maximum Gasteiger partial charge on any atom is 0.410 e. The van der Waals surface area contributed by atoms with E-state index in [9.17, 15) is 4.79 Å². The molecule has 1 aromatic carbocycles. The molecule has 2 aromatic rings. The molecule has 172 valence electrons. The lowest BCUT2D eigenvalue weighted by atomic mass is 9.78. The van der Waals surface area contributed by atoms with Gasteiger partial charge in [0.25, 0.3) is 0 Å². The van der Waals surface area contributed by atoms with E-state index in [0.29, 0.717) is 6.54 Å². The fourth-order valence-corrected chi connectivity index (χ4v) is 4.09. The third-order valence-electron chi connectivity index (χ3n) is 4.83. The zero-order valence-electron chi connectivity index (χ0n) is 21.0. The van der Waals surface area contributed by atoms with Gasteiger partial charge in [-0.05, 0) is 43.7 Å². The van der Waals surface area contributed by atoms with Gasteiger partial charge in [0.1, 0.15) is 16.4 Å². The van der Waals surface area contributed by atoms with Crippen molar-refractivity contribution in [2.75, 3.05) is 14.2 Å². The third-order valence-corrected chi connectivity index (χ3v) is 5.67. The molecule has 0 N–H and O–H groups in total. The molecule has 0 bridgehead atoms. The largest absolute Gasteiger partial charge is 0.496 e. The van der Waals surface area contributed by atoms with Crippen LogP contribution in [-0.4, -0.2) is 35.7 Å². The summed E-state index contributed by atoms with van der Waals surface area (Å²) in [6, 6.07) is 4.37. The molecule has 2 rings (SSSR count). The predicted octanol–water partition coefficient (Wildman–Crippen LogP) is 6.78. The summed E-state index contributed by atoms with van der Waals surface area (Å²) in [7, 11) is 3.48. The van der Waals surface area contributed by atoms with Crippen molar-refractivity contribution in [3.8, 4) is 17.0 Å². The number of carbonyl (C=O) groups is 1. The Kier molecular flexibility index (Phi) is 7.16. The Morgan fingerprint density at radius 1 is 1.00 bits per heavy atom. The van der Waals surface area contributed by atoms with Gasteiger partial charge < -0.3 is 14.4 Å². The summed E-state index contributed by atoms with van der Waals surface area (Å²) in [5, 5.41) is 2.92. The lowest BCUT2D eigenvalue weighted by Crippen LogP contribution is -2.33. The Morgan fingerprint density at radius 3 is 1.94 bits per heavy atom. The highest BCUT2D eigenvalue weighted by Gasteiger charge is 2.28. The first-order valence-electron chi connectivity index (χ1n) is 10.6. The molecule has 1 heterocycles. The third kappa shape index (κ3) is 6.45. The van der Waals surface area contributed by atoms with Crippen molar-refractivity contribution in [3.05, 3.63) is 33.6 Å². The van der Waals surface area contributed by atoms with E-state index in [1.807, 2.05) is 20.8 Å². The van der Waals surface area contributed by atoms with E-state index in [1.165, 1.54) is 0 Å². The average molecular weight is 447 g/mol. The second-order valence-corrected chi connectivity index (χ2v) is 12.0. The zero-order valence-corrected chi connectivity index (χ0v) is 21.8. The molecule has 0 saturated heterocycles. The van der Waals surface area contributed by atoms with Crippen LogP contribution in [-0.2, 0) is 22.1 Å². The van der Waals surface area contributed by atoms with Crippen molar-refractivity contribution in [1.82, 2.24) is 9.88 Å². The Balaban J connectivity index is 2.42. The molecule has 0 atom stereocenters. The minimum atomic E-state index is -0.519.